The molecule has 7 heteroatoms. The van der Waals surface area contributed by atoms with Gasteiger partial charge in [0, 0.05) is 10.5 Å². The topological polar surface area (TPSA) is 74.7 Å². The van der Waals surface area contributed by atoms with E-state index in [0.29, 0.717) is 23.0 Å². The second-order valence-corrected chi connectivity index (χ2v) is 5.48. The molecule has 0 aliphatic heterocycles. The van der Waals surface area contributed by atoms with Gasteiger partial charge in [-0.3, -0.25) is 0 Å². The van der Waals surface area contributed by atoms with E-state index in [1.54, 1.807) is 30.3 Å². The summed E-state index contributed by atoms with van der Waals surface area (Å²) in [7, 11) is 0. The van der Waals surface area contributed by atoms with Gasteiger partial charge in [-0.25, -0.2) is 4.79 Å². The van der Waals surface area contributed by atoms with Crippen molar-refractivity contribution in [2.75, 3.05) is 6.61 Å². The number of halogens is 1. The van der Waals surface area contributed by atoms with E-state index in [4.69, 9.17) is 18.4 Å². The maximum Gasteiger partial charge on any atom is 0.344 e. The second-order valence-electron chi connectivity index (χ2n) is 4.57. The fourth-order valence-corrected chi connectivity index (χ4v) is 2.19. The van der Waals surface area contributed by atoms with Crippen molar-refractivity contribution in [3.05, 3.63) is 58.9 Å². The van der Waals surface area contributed by atoms with Crippen LogP contribution in [0, 0.1) is 0 Å². The molecule has 0 spiro atoms. The molecule has 2 heterocycles. The van der Waals surface area contributed by atoms with E-state index in [1.165, 1.54) is 6.26 Å². The van der Waals surface area contributed by atoms with Gasteiger partial charge in [-0.05, 0) is 30.3 Å². The largest absolute Gasteiger partial charge is 0.482 e. The Kier molecular flexibility index (Phi) is 4.77. The van der Waals surface area contributed by atoms with Crippen molar-refractivity contribution in [2.24, 2.45) is 0 Å². The summed E-state index contributed by atoms with van der Waals surface area (Å²) in [4.78, 5) is 11.7. The van der Waals surface area contributed by atoms with E-state index in [2.05, 4.69) is 21.1 Å². The molecule has 0 aliphatic rings. The molecule has 0 amide bonds. The van der Waals surface area contributed by atoms with E-state index >= 15 is 0 Å². The minimum Gasteiger partial charge on any atom is -0.482 e. The Hall–Kier alpha value is -2.54. The molecule has 0 atom stereocenters. The number of hydrogen-bond donors (Lipinski definition) is 0. The molecule has 1 aromatic carbocycles. The Morgan fingerprint density at radius 2 is 2.09 bits per heavy atom. The zero-order valence-corrected chi connectivity index (χ0v) is 13.5. The lowest BCUT2D eigenvalue weighted by atomic mass is 10.3. The molecule has 0 bridgehead atoms. The summed E-state index contributed by atoms with van der Waals surface area (Å²) in [5, 5.41) is 3.81. The molecule has 0 saturated carbocycles. The van der Waals surface area contributed by atoms with Crippen LogP contribution in [0.25, 0.3) is 11.5 Å². The summed E-state index contributed by atoms with van der Waals surface area (Å²) in [5.41, 5.74) is 0.493. The number of carbonyl (C=O) groups is 1. The molecule has 2 aromatic heterocycles. The number of nitrogens with zero attached hydrogens (tertiary/aromatic N) is 1. The molecule has 0 N–H and O–H groups in total. The Morgan fingerprint density at radius 1 is 1.17 bits per heavy atom. The lowest BCUT2D eigenvalue weighted by Gasteiger charge is -2.06. The molecule has 23 heavy (non-hydrogen) atoms. The van der Waals surface area contributed by atoms with E-state index < -0.39 is 5.97 Å². The molecule has 3 rings (SSSR count). The highest BCUT2D eigenvalue weighted by Gasteiger charge is 2.11. The van der Waals surface area contributed by atoms with Gasteiger partial charge >= 0.3 is 5.97 Å². The summed E-state index contributed by atoms with van der Waals surface area (Å²) >= 11 is 3.33. The van der Waals surface area contributed by atoms with Crippen LogP contribution in [0.5, 0.6) is 5.75 Å². The predicted molar refractivity (Wildman–Crippen MR) is 83.6 cm³/mol. The smallest absolute Gasteiger partial charge is 0.344 e. The van der Waals surface area contributed by atoms with Crippen LogP contribution >= 0.6 is 15.9 Å². The SMILES string of the molecule is O=C(COc1cccc(Br)c1)OCc1cc(-c2ccco2)on1. The zero-order chi connectivity index (χ0) is 16.1. The number of carbonyl (C=O) groups excluding carboxylic acids is 1. The first-order valence-electron chi connectivity index (χ1n) is 6.74. The average Bonchev–Trinajstić information content (AvgIpc) is 3.22. The quantitative estimate of drug-likeness (QED) is 0.607. The van der Waals surface area contributed by atoms with Gasteiger partial charge < -0.3 is 18.4 Å². The fourth-order valence-electron chi connectivity index (χ4n) is 1.81. The first-order valence-corrected chi connectivity index (χ1v) is 7.53. The van der Waals surface area contributed by atoms with Crippen molar-refractivity contribution < 1.29 is 23.2 Å². The van der Waals surface area contributed by atoms with Crippen LogP contribution in [0.4, 0.5) is 0 Å². The minimum absolute atomic E-state index is 0.00485. The van der Waals surface area contributed by atoms with Crippen molar-refractivity contribution in [2.45, 2.75) is 6.61 Å². The highest BCUT2D eigenvalue weighted by atomic mass is 79.9. The standard InChI is InChI=1S/C16H12BrNO5/c17-11-3-1-4-13(7-11)21-10-16(19)22-9-12-8-15(23-18-12)14-5-2-6-20-14/h1-8H,9-10H2. The van der Waals surface area contributed by atoms with Crippen LogP contribution in [0.1, 0.15) is 5.69 Å². The average molecular weight is 378 g/mol. The summed E-state index contributed by atoms with van der Waals surface area (Å²) in [5.74, 6) is 1.13. The molecule has 118 valence electrons. The highest BCUT2D eigenvalue weighted by Crippen LogP contribution is 2.21. The number of benzene rings is 1. The van der Waals surface area contributed by atoms with E-state index in [-0.39, 0.29) is 13.2 Å². The van der Waals surface area contributed by atoms with E-state index in [1.807, 2.05) is 12.1 Å². The molecule has 0 unspecified atom stereocenters. The van der Waals surface area contributed by atoms with Crippen LogP contribution in [0.2, 0.25) is 0 Å². The van der Waals surface area contributed by atoms with Gasteiger partial charge in [0.2, 0.25) is 5.76 Å². The van der Waals surface area contributed by atoms with Gasteiger partial charge in [0.15, 0.2) is 12.4 Å². The predicted octanol–water partition coefficient (Wildman–Crippen LogP) is 3.82. The van der Waals surface area contributed by atoms with Gasteiger partial charge in [0.25, 0.3) is 0 Å². The maximum absolute atomic E-state index is 11.7. The van der Waals surface area contributed by atoms with E-state index in [0.717, 1.165) is 4.47 Å². The lowest BCUT2D eigenvalue weighted by Crippen LogP contribution is -2.14. The zero-order valence-electron chi connectivity index (χ0n) is 11.9. The minimum atomic E-state index is -0.493. The molecule has 6 nitrogen and oxygen atoms in total. The number of furan rings is 1. The summed E-state index contributed by atoms with van der Waals surface area (Å²) < 4.78 is 21.6. The van der Waals surface area contributed by atoms with Crippen molar-refractivity contribution in [1.82, 2.24) is 5.16 Å². The van der Waals surface area contributed by atoms with Gasteiger partial charge in [0.05, 0.1) is 6.26 Å². The van der Waals surface area contributed by atoms with Crippen LogP contribution in [-0.4, -0.2) is 17.7 Å². The van der Waals surface area contributed by atoms with Crippen LogP contribution < -0.4 is 4.74 Å². The third-order valence-electron chi connectivity index (χ3n) is 2.86. The van der Waals surface area contributed by atoms with Gasteiger partial charge in [-0.1, -0.05) is 27.2 Å². The molecule has 0 radical (unpaired) electrons. The summed E-state index contributed by atoms with van der Waals surface area (Å²) in [6, 6.07) is 12.4. The third-order valence-corrected chi connectivity index (χ3v) is 3.35. The number of hydrogen-bond acceptors (Lipinski definition) is 6. The molecular weight excluding hydrogens is 366 g/mol. The molecular formula is C16H12BrNO5. The normalized spacial score (nSPS) is 10.5. The Labute approximate surface area is 140 Å². The first kappa shape index (κ1) is 15.4. The fraction of sp³-hybridized carbons (Fsp3) is 0.125. The van der Waals surface area contributed by atoms with Crippen molar-refractivity contribution in [3.63, 3.8) is 0 Å². The Morgan fingerprint density at radius 3 is 2.87 bits per heavy atom. The number of rotatable bonds is 6. The van der Waals surface area contributed by atoms with Gasteiger partial charge in [-0.15, -0.1) is 0 Å². The summed E-state index contributed by atoms with van der Waals surface area (Å²) in [6.45, 7) is -0.176. The molecule has 0 fully saturated rings. The molecule has 0 saturated heterocycles. The van der Waals surface area contributed by atoms with Gasteiger partial charge in [0.1, 0.15) is 18.1 Å². The third kappa shape index (κ3) is 4.23. The number of esters is 1. The number of ether oxygens (including phenoxy) is 2. The van der Waals surface area contributed by atoms with Gasteiger partial charge in [-0.2, -0.15) is 0 Å². The van der Waals surface area contributed by atoms with Crippen LogP contribution in [-0.2, 0) is 16.1 Å². The van der Waals surface area contributed by atoms with Crippen LogP contribution in [0.3, 0.4) is 0 Å². The van der Waals surface area contributed by atoms with Crippen molar-refractivity contribution in [1.29, 1.82) is 0 Å². The first-order chi connectivity index (χ1) is 11.2. The van der Waals surface area contributed by atoms with Crippen LogP contribution in [0.15, 0.2) is 62.1 Å². The molecule has 0 aliphatic carbocycles. The van der Waals surface area contributed by atoms with Crippen molar-refractivity contribution >= 4 is 21.9 Å². The Bertz CT molecular complexity index is 781. The van der Waals surface area contributed by atoms with E-state index in [9.17, 15) is 4.79 Å². The summed E-state index contributed by atoms with van der Waals surface area (Å²) in [6.07, 6.45) is 1.54. The second kappa shape index (κ2) is 7.15. The lowest BCUT2D eigenvalue weighted by molar-refractivity contribution is -0.147. The van der Waals surface area contributed by atoms with Crippen molar-refractivity contribution in [3.8, 4) is 17.3 Å². The molecule has 3 aromatic rings. The Balaban J connectivity index is 1.47. The monoisotopic (exact) mass is 377 g/mol. The maximum atomic E-state index is 11.7. The highest BCUT2D eigenvalue weighted by molar-refractivity contribution is 9.10. The number of aromatic nitrogens is 1.